The maximum Gasteiger partial charge on any atom is 0.338 e. The second-order valence-electron chi connectivity index (χ2n) is 15.3. The third-order valence-electron chi connectivity index (χ3n) is 13.4. The fourth-order valence-corrected chi connectivity index (χ4v) is 11.4. The van der Waals surface area contributed by atoms with Gasteiger partial charge in [0.25, 0.3) is 0 Å². The lowest BCUT2D eigenvalue weighted by molar-refractivity contribution is -0.200. The van der Waals surface area contributed by atoms with Gasteiger partial charge in [-0.25, -0.2) is 4.79 Å². The molecule has 4 aliphatic carbocycles. The number of esters is 1. The first-order chi connectivity index (χ1) is 19.6. The van der Waals surface area contributed by atoms with Crippen LogP contribution in [0.25, 0.3) is 0 Å². The lowest BCUT2D eigenvalue weighted by Crippen LogP contribution is -2.60. The van der Waals surface area contributed by atoms with Gasteiger partial charge in [-0.15, -0.1) is 0 Å². The average Bonchev–Trinajstić information content (AvgIpc) is 3.40. The SMILES string of the molecule is CC(=O)N1C[C@@H](C)CC[C@@]12O[C@H]1C[C@@H]3[C@@H]4CC=C5C[C@@H](OC(=O)c6ccccc6)CC[C@]5(C)[C@@H]4CC[C@]3(C)[C@@H]1[C@@H]2C. The van der Waals surface area contributed by atoms with Gasteiger partial charge < -0.3 is 14.4 Å². The van der Waals surface area contributed by atoms with Crippen LogP contribution in [0.4, 0.5) is 0 Å². The Morgan fingerprint density at radius 3 is 2.54 bits per heavy atom. The monoisotopic (exact) mass is 559 g/mol. The summed E-state index contributed by atoms with van der Waals surface area (Å²) < 4.78 is 13.2. The summed E-state index contributed by atoms with van der Waals surface area (Å²) in [5, 5.41) is 0. The molecule has 1 aromatic carbocycles. The molecular weight excluding hydrogens is 510 g/mol. The van der Waals surface area contributed by atoms with Gasteiger partial charge >= 0.3 is 5.97 Å². The van der Waals surface area contributed by atoms with Gasteiger partial charge in [-0.1, -0.05) is 57.5 Å². The second-order valence-corrected chi connectivity index (χ2v) is 15.3. The highest BCUT2D eigenvalue weighted by molar-refractivity contribution is 5.89. The maximum absolute atomic E-state index is 12.9. The third kappa shape index (κ3) is 4.03. The van der Waals surface area contributed by atoms with E-state index in [-0.39, 0.29) is 34.9 Å². The molecular formula is C36H49NO4. The Bertz CT molecular complexity index is 1240. The van der Waals surface area contributed by atoms with Crippen LogP contribution in [0, 0.1) is 46.3 Å². The number of amides is 1. The Hall–Kier alpha value is -2.14. The summed E-state index contributed by atoms with van der Waals surface area (Å²) in [6.45, 7) is 12.4. The predicted octanol–water partition coefficient (Wildman–Crippen LogP) is 7.41. The minimum absolute atomic E-state index is 0.0221. The van der Waals surface area contributed by atoms with Crippen molar-refractivity contribution < 1.29 is 19.1 Å². The van der Waals surface area contributed by atoms with Crippen LogP contribution in [0.5, 0.6) is 0 Å². The fraction of sp³-hybridized carbons (Fsp3) is 0.722. The summed E-state index contributed by atoms with van der Waals surface area (Å²) >= 11 is 0. The van der Waals surface area contributed by atoms with Crippen LogP contribution < -0.4 is 0 Å². The number of hydrogen-bond acceptors (Lipinski definition) is 4. The molecule has 1 spiro atoms. The van der Waals surface area contributed by atoms with Crippen molar-refractivity contribution in [3.05, 3.63) is 47.5 Å². The molecule has 222 valence electrons. The number of rotatable bonds is 2. The summed E-state index contributed by atoms with van der Waals surface area (Å²) in [5.74, 6) is 3.48. The van der Waals surface area contributed by atoms with E-state index in [1.807, 2.05) is 30.3 Å². The highest BCUT2D eigenvalue weighted by atomic mass is 16.5. The number of ether oxygens (including phenoxy) is 2. The van der Waals surface area contributed by atoms with E-state index in [4.69, 9.17) is 9.47 Å². The first kappa shape index (κ1) is 27.7. The van der Waals surface area contributed by atoms with Crippen molar-refractivity contribution in [1.29, 1.82) is 0 Å². The van der Waals surface area contributed by atoms with Gasteiger partial charge in [0.1, 0.15) is 11.8 Å². The summed E-state index contributed by atoms with van der Waals surface area (Å²) in [7, 11) is 0. The first-order valence-corrected chi connectivity index (χ1v) is 16.5. The van der Waals surface area contributed by atoms with Gasteiger partial charge in [0, 0.05) is 25.8 Å². The van der Waals surface area contributed by atoms with Crippen molar-refractivity contribution in [3.8, 4) is 0 Å². The third-order valence-corrected chi connectivity index (χ3v) is 13.4. The number of benzene rings is 1. The maximum atomic E-state index is 12.9. The van der Waals surface area contributed by atoms with Crippen molar-refractivity contribution in [1.82, 2.24) is 4.90 Å². The van der Waals surface area contributed by atoms with Gasteiger partial charge in [-0.05, 0) is 104 Å². The molecule has 7 rings (SSSR count). The number of nitrogens with zero attached hydrogens (tertiary/aromatic N) is 1. The number of hydrogen-bond donors (Lipinski definition) is 0. The quantitative estimate of drug-likeness (QED) is 0.280. The standard InChI is InChI=1S/C36H49NO4/c1-22-13-18-36(37(21-22)24(3)38)23(2)32-31(41-36)20-30-28-12-11-26-19-27(40-33(39)25-9-7-6-8-10-25)14-16-34(26,4)29(28)15-17-35(30,32)5/h6-11,22-23,27-32H,12-21H2,1-5H3/t22-,23-,27-,28+,29+,30+,31-,32+,34-,35-,36-/m0/s1. The van der Waals surface area contributed by atoms with Gasteiger partial charge in [-0.2, -0.15) is 0 Å². The minimum atomic E-state index is -0.403. The number of allylic oxidation sites excluding steroid dienone is 1. The Kier molecular flexibility index (Phi) is 6.54. The minimum Gasteiger partial charge on any atom is -0.458 e. The summed E-state index contributed by atoms with van der Waals surface area (Å²) in [6.07, 6.45) is 12.7. The Morgan fingerprint density at radius 2 is 1.78 bits per heavy atom. The molecule has 5 heteroatoms. The van der Waals surface area contributed by atoms with Crippen LogP contribution in [0.1, 0.15) is 103 Å². The second kappa shape index (κ2) is 9.69. The number of carbonyl (C=O) groups is 2. The molecule has 2 aliphatic heterocycles. The molecule has 0 N–H and O–H groups in total. The van der Waals surface area contributed by atoms with Crippen LogP contribution in [0.15, 0.2) is 42.0 Å². The normalized spacial score (nSPS) is 46.7. The topological polar surface area (TPSA) is 55.8 Å². The number of carbonyl (C=O) groups excluding carboxylic acids is 2. The summed E-state index contributed by atoms with van der Waals surface area (Å²) in [6, 6.07) is 9.41. The molecule has 11 atom stereocenters. The van der Waals surface area contributed by atoms with Gasteiger partial charge in [0.2, 0.25) is 5.91 Å². The zero-order valence-corrected chi connectivity index (χ0v) is 25.7. The van der Waals surface area contributed by atoms with E-state index in [0.717, 1.165) is 51.5 Å². The summed E-state index contributed by atoms with van der Waals surface area (Å²) in [4.78, 5) is 27.7. The number of fused-ring (bicyclic) bond motifs is 7. The van der Waals surface area contributed by atoms with E-state index < -0.39 is 5.72 Å². The van der Waals surface area contributed by atoms with Crippen LogP contribution in [-0.2, 0) is 14.3 Å². The summed E-state index contributed by atoms with van der Waals surface area (Å²) in [5.41, 5.74) is 2.25. The first-order valence-electron chi connectivity index (χ1n) is 16.5. The molecule has 3 saturated carbocycles. The van der Waals surface area contributed by atoms with Crippen LogP contribution in [0.2, 0.25) is 0 Å². The molecule has 41 heavy (non-hydrogen) atoms. The fourth-order valence-electron chi connectivity index (χ4n) is 11.4. The van der Waals surface area contributed by atoms with E-state index in [9.17, 15) is 9.59 Å². The van der Waals surface area contributed by atoms with E-state index in [1.165, 1.54) is 18.4 Å². The smallest absolute Gasteiger partial charge is 0.338 e. The van der Waals surface area contributed by atoms with Crippen molar-refractivity contribution >= 4 is 11.9 Å². The molecule has 1 aromatic rings. The lowest BCUT2D eigenvalue weighted by Gasteiger charge is -2.59. The Balaban J connectivity index is 1.09. The molecule has 1 amide bonds. The molecule has 0 unspecified atom stereocenters. The van der Waals surface area contributed by atoms with E-state index >= 15 is 0 Å². The zero-order chi connectivity index (χ0) is 28.7. The van der Waals surface area contributed by atoms with Gasteiger partial charge in [-0.3, -0.25) is 4.79 Å². The average molecular weight is 560 g/mol. The van der Waals surface area contributed by atoms with Crippen molar-refractivity contribution in [2.75, 3.05) is 6.54 Å². The molecule has 5 nitrogen and oxygen atoms in total. The highest BCUT2D eigenvalue weighted by Crippen LogP contribution is 2.70. The molecule has 6 aliphatic rings. The van der Waals surface area contributed by atoms with Gasteiger partial charge in [0.05, 0.1) is 11.7 Å². The molecule has 0 bridgehead atoms. The van der Waals surface area contributed by atoms with E-state index in [2.05, 4.69) is 38.7 Å². The van der Waals surface area contributed by atoms with Crippen LogP contribution in [0.3, 0.4) is 0 Å². The van der Waals surface area contributed by atoms with Crippen molar-refractivity contribution in [2.24, 2.45) is 46.3 Å². The number of likely N-dealkylation sites (tertiary alicyclic amines) is 1. The lowest BCUT2D eigenvalue weighted by atomic mass is 9.46. The molecule has 2 heterocycles. The molecule has 5 fully saturated rings. The zero-order valence-electron chi connectivity index (χ0n) is 25.7. The highest BCUT2D eigenvalue weighted by Gasteiger charge is 2.69. The van der Waals surface area contributed by atoms with Crippen LogP contribution >= 0.6 is 0 Å². The molecule has 0 aromatic heterocycles. The van der Waals surface area contributed by atoms with Gasteiger partial charge in [0.15, 0.2) is 0 Å². The Labute approximate surface area is 246 Å². The molecule has 0 radical (unpaired) electrons. The van der Waals surface area contributed by atoms with Crippen molar-refractivity contribution in [3.63, 3.8) is 0 Å². The van der Waals surface area contributed by atoms with E-state index in [0.29, 0.717) is 41.1 Å². The Morgan fingerprint density at radius 1 is 1.00 bits per heavy atom. The van der Waals surface area contributed by atoms with E-state index in [1.54, 1.807) is 6.92 Å². The van der Waals surface area contributed by atoms with Crippen molar-refractivity contribution in [2.45, 2.75) is 110 Å². The molecule has 2 saturated heterocycles. The largest absolute Gasteiger partial charge is 0.458 e. The van der Waals surface area contributed by atoms with Crippen LogP contribution in [-0.4, -0.2) is 41.3 Å². The predicted molar refractivity (Wildman–Crippen MR) is 159 cm³/mol. The number of piperidine rings is 1.